The monoisotopic (exact) mass is 666 g/mol. The summed E-state index contributed by atoms with van der Waals surface area (Å²) in [7, 11) is 0. The van der Waals surface area contributed by atoms with Crippen molar-refractivity contribution in [2.45, 2.75) is 65.8 Å². The van der Waals surface area contributed by atoms with E-state index in [9.17, 15) is 0 Å². The third kappa shape index (κ3) is 6.48. The first-order chi connectivity index (χ1) is 18.3. The Morgan fingerprint density at radius 3 is 2.62 bits per heavy atom. The Morgan fingerprint density at radius 1 is 1.10 bits per heavy atom. The van der Waals surface area contributed by atoms with Crippen LogP contribution in [0.5, 0.6) is 0 Å². The summed E-state index contributed by atoms with van der Waals surface area (Å²) in [5, 5.41) is 2.52. The number of halogens is 1. The van der Waals surface area contributed by atoms with E-state index < -0.39 is 0 Å². The molecule has 0 amide bonds. The molecule has 0 radical (unpaired) electrons. The van der Waals surface area contributed by atoms with Gasteiger partial charge in [-0.3, -0.25) is 0 Å². The van der Waals surface area contributed by atoms with Gasteiger partial charge >= 0.3 is 0 Å². The summed E-state index contributed by atoms with van der Waals surface area (Å²) in [6.07, 6.45) is 11.6. The average molecular weight is 667 g/mol. The highest BCUT2D eigenvalue weighted by Crippen LogP contribution is 2.45. The summed E-state index contributed by atoms with van der Waals surface area (Å²) in [6, 6.07) is 17.4. The van der Waals surface area contributed by atoms with Gasteiger partial charge in [-0.05, 0) is 74.4 Å². The van der Waals surface area contributed by atoms with E-state index in [1.807, 2.05) is 23.1 Å². The number of aromatic nitrogens is 1. The van der Waals surface area contributed by atoms with E-state index in [0.29, 0.717) is 5.92 Å². The van der Waals surface area contributed by atoms with Crippen LogP contribution in [0.2, 0.25) is 0 Å². The lowest BCUT2D eigenvalue weighted by Gasteiger charge is -2.33. The van der Waals surface area contributed by atoms with Crippen molar-refractivity contribution in [3.05, 3.63) is 99.2 Å². The molecule has 1 aliphatic heterocycles. The molecule has 0 saturated carbocycles. The minimum atomic E-state index is 0. The SMILES string of the molecule is CCN1C(=C=CC(C)C2=C/C(=C(C)\C=C\c3sc4ccccc4[n+]3CC)CC(C)(C)C2)Sc2ccccc21.[I-]. The fourth-order valence-corrected chi connectivity index (χ4v) is 7.80. The molecule has 0 N–H and O–H groups in total. The minimum Gasteiger partial charge on any atom is -1.00 e. The molecule has 0 saturated heterocycles. The number of allylic oxidation sites excluding steroid dienone is 6. The molecule has 2 heterocycles. The number of thiazole rings is 1. The smallest absolute Gasteiger partial charge is 0.262 e. The molecular formula is C34H39IN2S2. The maximum atomic E-state index is 3.68. The van der Waals surface area contributed by atoms with E-state index >= 15 is 0 Å². The van der Waals surface area contributed by atoms with Gasteiger partial charge in [-0.15, -0.1) is 0 Å². The number of fused-ring (bicyclic) bond motifs is 2. The molecular weight excluding hydrogens is 627 g/mol. The predicted octanol–water partition coefficient (Wildman–Crippen LogP) is 6.55. The number of para-hydroxylation sites is 2. The van der Waals surface area contributed by atoms with Gasteiger partial charge in [0.25, 0.3) is 5.01 Å². The van der Waals surface area contributed by atoms with Gasteiger partial charge in [0.1, 0.15) is 16.3 Å². The molecule has 2 nitrogen and oxygen atoms in total. The van der Waals surface area contributed by atoms with E-state index in [0.717, 1.165) is 25.9 Å². The molecule has 1 unspecified atom stereocenters. The summed E-state index contributed by atoms with van der Waals surface area (Å²) < 4.78 is 3.76. The molecule has 1 aliphatic carbocycles. The minimum absolute atomic E-state index is 0. The van der Waals surface area contributed by atoms with Gasteiger partial charge in [0.15, 0.2) is 0 Å². The lowest BCUT2D eigenvalue weighted by atomic mass is 9.71. The molecule has 2 aromatic carbocycles. The quantitative estimate of drug-likeness (QED) is 0.167. The second-order valence-electron chi connectivity index (χ2n) is 11.1. The van der Waals surface area contributed by atoms with Crippen molar-refractivity contribution < 1.29 is 28.5 Å². The zero-order valence-electron chi connectivity index (χ0n) is 23.9. The Balaban J connectivity index is 0.00000353. The Kier molecular flexibility index (Phi) is 9.69. The highest BCUT2D eigenvalue weighted by atomic mass is 127. The van der Waals surface area contributed by atoms with Crippen LogP contribution in [-0.2, 0) is 6.54 Å². The van der Waals surface area contributed by atoms with E-state index in [2.05, 4.69) is 130 Å². The highest BCUT2D eigenvalue weighted by Gasteiger charge is 2.28. The second kappa shape index (κ2) is 12.6. The molecule has 39 heavy (non-hydrogen) atoms. The third-order valence-corrected chi connectivity index (χ3v) is 9.84. The van der Waals surface area contributed by atoms with Gasteiger partial charge < -0.3 is 28.9 Å². The van der Waals surface area contributed by atoms with Gasteiger partial charge in [0, 0.05) is 29.5 Å². The van der Waals surface area contributed by atoms with Crippen molar-refractivity contribution in [2.24, 2.45) is 11.3 Å². The summed E-state index contributed by atoms with van der Waals surface area (Å²) in [6.45, 7) is 15.8. The zero-order chi connectivity index (χ0) is 26.9. The molecule has 204 valence electrons. The topological polar surface area (TPSA) is 7.12 Å². The Morgan fingerprint density at radius 2 is 1.85 bits per heavy atom. The van der Waals surface area contributed by atoms with Crippen LogP contribution < -0.4 is 33.4 Å². The number of benzene rings is 2. The van der Waals surface area contributed by atoms with Crippen molar-refractivity contribution in [1.82, 2.24) is 0 Å². The lowest BCUT2D eigenvalue weighted by Crippen LogP contribution is -3.00. The van der Waals surface area contributed by atoms with Crippen molar-refractivity contribution in [3.63, 3.8) is 0 Å². The maximum Gasteiger partial charge on any atom is 0.262 e. The second-order valence-corrected chi connectivity index (χ2v) is 13.2. The van der Waals surface area contributed by atoms with Crippen molar-refractivity contribution in [3.8, 4) is 0 Å². The molecule has 2 aliphatic rings. The zero-order valence-corrected chi connectivity index (χ0v) is 27.7. The van der Waals surface area contributed by atoms with Gasteiger partial charge in [-0.1, -0.05) is 91.6 Å². The fraction of sp³-hybridized carbons (Fsp3) is 0.353. The Labute approximate surface area is 259 Å². The van der Waals surface area contributed by atoms with E-state index in [1.54, 1.807) is 0 Å². The van der Waals surface area contributed by atoms with Crippen LogP contribution in [-0.4, -0.2) is 6.54 Å². The Bertz CT molecular complexity index is 1510. The van der Waals surface area contributed by atoms with Crippen LogP contribution in [0.15, 0.2) is 99.1 Å². The number of nitrogens with zero attached hydrogens (tertiary/aromatic N) is 2. The first-order valence-electron chi connectivity index (χ1n) is 13.8. The summed E-state index contributed by atoms with van der Waals surface area (Å²) in [4.78, 5) is 3.70. The summed E-state index contributed by atoms with van der Waals surface area (Å²) in [5.74, 6) is 0.349. The van der Waals surface area contributed by atoms with Crippen LogP contribution in [0.1, 0.15) is 59.4 Å². The van der Waals surface area contributed by atoms with Crippen molar-refractivity contribution >= 4 is 45.1 Å². The number of aryl methyl sites for hydroxylation is 1. The summed E-state index contributed by atoms with van der Waals surface area (Å²) in [5.41, 5.74) is 10.9. The predicted molar refractivity (Wildman–Crippen MR) is 167 cm³/mol. The van der Waals surface area contributed by atoms with Crippen LogP contribution in [0.25, 0.3) is 16.3 Å². The van der Waals surface area contributed by atoms with Gasteiger partial charge in [-0.2, -0.15) is 4.57 Å². The Hall–Kier alpha value is -2.05. The van der Waals surface area contributed by atoms with Crippen LogP contribution >= 0.6 is 23.1 Å². The molecule has 1 atom stereocenters. The lowest BCUT2D eigenvalue weighted by molar-refractivity contribution is -0.665. The molecule has 5 heteroatoms. The molecule has 1 aromatic heterocycles. The van der Waals surface area contributed by atoms with Crippen LogP contribution in [0.3, 0.4) is 0 Å². The fourth-order valence-electron chi connectivity index (χ4n) is 5.57. The number of thioether (sulfide) groups is 1. The number of rotatable bonds is 6. The molecule has 5 rings (SSSR count). The molecule has 0 spiro atoms. The van der Waals surface area contributed by atoms with E-state index in [4.69, 9.17) is 0 Å². The standard InChI is InChI=1S/C34H39N2S2.HI/c1-7-35-28-13-9-11-15-30(28)37-32(35)19-17-24(3)26-21-27(23-34(5,6)22-26)25(4)18-20-33-36(8-2)29-14-10-12-16-31(29)38-33;/h9-19,21,25H,7-8,22-23H2,1-6H3;1H/q+1;/p-1/b19-17+,26-24+;. The number of hydrogen-bond acceptors (Lipinski definition) is 3. The van der Waals surface area contributed by atoms with E-state index in [-0.39, 0.29) is 29.4 Å². The van der Waals surface area contributed by atoms with Crippen molar-refractivity contribution in [1.29, 1.82) is 0 Å². The van der Waals surface area contributed by atoms with Gasteiger partial charge in [0.2, 0.25) is 5.52 Å². The number of hydrogen-bond donors (Lipinski definition) is 0. The highest BCUT2D eigenvalue weighted by molar-refractivity contribution is 8.03. The first kappa shape index (κ1) is 29.9. The average Bonchev–Trinajstić information content (AvgIpc) is 3.46. The van der Waals surface area contributed by atoms with E-state index in [1.165, 1.54) is 47.6 Å². The maximum absolute atomic E-state index is 3.68. The van der Waals surface area contributed by atoms with Gasteiger partial charge in [-0.25, -0.2) is 0 Å². The molecule has 0 fully saturated rings. The van der Waals surface area contributed by atoms with Crippen LogP contribution in [0.4, 0.5) is 5.69 Å². The normalized spacial score (nSPS) is 18.5. The molecule has 0 bridgehead atoms. The first-order valence-corrected chi connectivity index (χ1v) is 15.4. The largest absolute Gasteiger partial charge is 1.00 e. The van der Waals surface area contributed by atoms with Crippen LogP contribution in [0, 0.1) is 11.3 Å². The summed E-state index contributed by atoms with van der Waals surface area (Å²) >= 11 is 3.71. The number of anilines is 1. The van der Waals surface area contributed by atoms with Crippen molar-refractivity contribution in [2.75, 3.05) is 11.4 Å². The molecule has 3 aromatic rings. The van der Waals surface area contributed by atoms with Gasteiger partial charge in [0.05, 0.1) is 5.69 Å². The third-order valence-electron chi connectivity index (χ3n) is 7.61.